The van der Waals surface area contributed by atoms with Crippen LogP contribution in [0.1, 0.15) is 44.9 Å². The Labute approximate surface area is 107 Å². The number of aryl methyl sites for hydroxylation is 1. The molecule has 1 aromatic rings. The van der Waals surface area contributed by atoms with Crippen molar-refractivity contribution in [2.75, 3.05) is 0 Å². The predicted octanol–water partition coefficient (Wildman–Crippen LogP) is 1.94. The van der Waals surface area contributed by atoms with Gasteiger partial charge in [0.25, 0.3) is 0 Å². The molecule has 1 N–H and O–H groups in total. The van der Waals surface area contributed by atoms with Gasteiger partial charge in [0.15, 0.2) is 5.82 Å². The highest BCUT2D eigenvalue weighted by molar-refractivity contribution is 5.15. The normalized spacial score (nSPS) is 45.7. The van der Waals surface area contributed by atoms with Crippen molar-refractivity contribution in [1.29, 1.82) is 0 Å². The molecule has 4 heteroatoms. The molecule has 0 saturated heterocycles. The Morgan fingerprint density at radius 1 is 1.22 bits per heavy atom. The molecule has 0 unspecified atom stereocenters. The Morgan fingerprint density at radius 3 is 2.39 bits per heavy atom. The van der Waals surface area contributed by atoms with Crippen molar-refractivity contribution in [1.82, 2.24) is 14.8 Å². The van der Waals surface area contributed by atoms with Crippen LogP contribution in [0.4, 0.5) is 0 Å². The minimum absolute atomic E-state index is 0.420. The molecular weight excluding hydrogens is 226 g/mol. The van der Waals surface area contributed by atoms with Crippen LogP contribution in [0.5, 0.6) is 0 Å². The Balaban J connectivity index is 1.79. The second-order valence-electron chi connectivity index (χ2n) is 6.53. The first-order chi connectivity index (χ1) is 8.71. The van der Waals surface area contributed by atoms with Crippen LogP contribution in [0.3, 0.4) is 0 Å². The van der Waals surface area contributed by atoms with E-state index in [-0.39, 0.29) is 0 Å². The van der Waals surface area contributed by atoms with E-state index in [0.29, 0.717) is 11.8 Å². The van der Waals surface area contributed by atoms with E-state index >= 15 is 0 Å². The van der Waals surface area contributed by atoms with Gasteiger partial charge in [-0.25, -0.2) is 9.67 Å². The van der Waals surface area contributed by atoms with E-state index < -0.39 is 5.60 Å². The van der Waals surface area contributed by atoms with Crippen LogP contribution in [0.25, 0.3) is 0 Å². The van der Waals surface area contributed by atoms with Crippen molar-refractivity contribution in [3.63, 3.8) is 0 Å². The van der Waals surface area contributed by atoms with E-state index in [4.69, 9.17) is 0 Å². The average molecular weight is 247 g/mol. The van der Waals surface area contributed by atoms with E-state index in [9.17, 15) is 5.11 Å². The van der Waals surface area contributed by atoms with E-state index in [2.05, 4.69) is 17.0 Å². The molecule has 0 spiro atoms. The van der Waals surface area contributed by atoms with Crippen molar-refractivity contribution in [2.45, 2.75) is 51.2 Å². The van der Waals surface area contributed by atoms with Crippen LogP contribution in [-0.2, 0) is 12.1 Å². The molecule has 98 valence electrons. The molecule has 4 nitrogen and oxygen atoms in total. The van der Waals surface area contributed by atoms with E-state index in [1.807, 2.05) is 4.68 Å². The minimum atomic E-state index is -0.695. The molecule has 5 rings (SSSR count). The molecule has 4 aliphatic rings. The molecule has 4 aliphatic carbocycles. The number of hydrogen-bond acceptors (Lipinski definition) is 3. The van der Waals surface area contributed by atoms with Gasteiger partial charge in [0, 0.05) is 6.54 Å². The van der Waals surface area contributed by atoms with Crippen LogP contribution >= 0.6 is 0 Å². The standard InChI is InChI=1S/C14H21N3O/c1-2-17-13(15-8-16-17)14(18)11-4-9-3-10(6-11)7-12(14)5-9/h8-12,18H,2-7H2,1H3. The topological polar surface area (TPSA) is 50.9 Å². The van der Waals surface area contributed by atoms with Gasteiger partial charge in [-0.3, -0.25) is 0 Å². The highest BCUT2D eigenvalue weighted by Crippen LogP contribution is 2.61. The van der Waals surface area contributed by atoms with Crippen molar-refractivity contribution in [3.05, 3.63) is 12.2 Å². The molecule has 4 bridgehead atoms. The lowest BCUT2D eigenvalue weighted by atomic mass is 9.49. The summed E-state index contributed by atoms with van der Waals surface area (Å²) in [6.07, 6.45) is 7.78. The molecule has 1 heterocycles. The van der Waals surface area contributed by atoms with Gasteiger partial charge in [-0.15, -0.1) is 0 Å². The maximum atomic E-state index is 11.3. The fourth-order valence-electron chi connectivity index (χ4n) is 5.07. The summed E-state index contributed by atoms with van der Waals surface area (Å²) in [5.41, 5.74) is -0.695. The quantitative estimate of drug-likeness (QED) is 0.869. The van der Waals surface area contributed by atoms with Crippen LogP contribution in [-0.4, -0.2) is 19.9 Å². The summed E-state index contributed by atoms with van der Waals surface area (Å²) in [4.78, 5) is 4.41. The highest BCUT2D eigenvalue weighted by Gasteiger charge is 2.59. The van der Waals surface area contributed by atoms with E-state index in [0.717, 1.165) is 24.2 Å². The zero-order chi connectivity index (χ0) is 12.3. The summed E-state index contributed by atoms with van der Waals surface area (Å²) in [5, 5.41) is 15.6. The van der Waals surface area contributed by atoms with Crippen molar-refractivity contribution in [3.8, 4) is 0 Å². The second-order valence-corrected chi connectivity index (χ2v) is 6.53. The maximum Gasteiger partial charge on any atom is 0.159 e. The predicted molar refractivity (Wildman–Crippen MR) is 66.6 cm³/mol. The van der Waals surface area contributed by atoms with Gasteiger partial charge in [0.05, 0.1) is 0 Å². The first-order valence-corrected chi connectivity index (χ1v) is 7.32. The minimum Gasteiger partial charge on any atom is -0.381 e. The summed E-state index contributed by atoms with van der Waals surface area (Å²) in [5.74, 6) is 3.40. The van der Waals surface area contributed by atoms with E-state index in [1.165, 1.54) is 32.1 Å². The van der Waals surface area contributed by atoms with Gasteiger partial charge in [0.2, 0.25) is 0 Å². The number of aromatic nitrogens is 3. The smallest absolute Gasteiger partial charge is 0.159 e. The van der Waals surface area contributed by atoms with Gasteiger partial charge in [-0.1, -0.05) is 0 Å². The summed E-state index contributed by atoms with van der Waals surface area (Å²) < 4.78 is 1.89. The van der Waals surface area contributed by atoms with Crippen LogP contribution in [0, 0.1) is 23.7 Å². The van der Waals surface area contributed by atoms with E-state index in [1.54, 1.807) is 6.33 Å². The van der Waals surface area contributed by atoms with Gasteiger partial charge in [-0.2, -0.15) is 5.10 Å². The molecule has 0 atom stereocenters. The monoisotopic (exact) mass is 247 g/mol. The molecule has 4 saturated carbocycles. The molecule has 0 aromatic carbocycles. The van der Waals surface area contributed by atoms with Crippen LogP contribution in [0.15, 0.2) is 6.33 Å². The molecule has 0 aliphatic heterocycles. The SMILES string of the molecule is CCn1ncnc1C1(O)C2CC3CC(C2)CC1C3. The lowest BCUT2D eigenvalue weighted by molar-refractivity contribution is -0.185. The molecule has 1 aromatic heterocycles. The Morgan fingerprint density at radius 2 is 1.83 bits per heavy atom. The molecular formula is C14H21N3O. The zero-order valence-corrected chi connectivity index (χ0v) is 10.9. The van der Waals surface area contributed by atoms with Crippen molar-refractivity contribution in [2.24, 2.45) is 23.7 Å². The third-order valence-electron chi connectivity index (χ3n) is 5.66. The fraction of sp³-hybridized carbons (Fsp3) is 0.857. The summed E-state index contributed by atoms with van der Waals surface area (Å²) >= 11 is 0. The summed E-state index contributed by atoms with van der Waals surface area (Å²) in [6.45, 7) is 2.86. The lowest BCUT2D eigenvalue weighted by Gasteiger charge is -2.58. The molecule has 18 heavy (non-hydrogen) atoms. The largest absolute Gasteiger partial charge is 0.381 e. The Bertz CT molecular complexity index is 439. The average Bonchev–Trinajstić information content (AvgIpc) is 2.83. The van der Waals surface area contributed by atoms with Gasteiger partial charge in [0.1, 0.15) is 11.9 Å². The first kappa shape index (κ1) is 11.0. The summed E-state index contributed by atoms with van der Waals surface area (Å²) in [7, 11) is 0. The van der Waals surface area contributed by atoms with Gasteiger partial charge in [-0.05, 0) is 62.7 Å². The van der Waals surface area contributed by atoms with Crippen LogP contribution < -0.4 is 0 Å². The summed E-state index contributed by atoms with van der Waals surface area (Å²) in [6, 6.07) is 0. The lowest BCUT2D eigenvalue weighted by Crippen LogP contribution is -2.56. The molecule has 0 radical (unpaired) electrons. The third kappa shape index (κ3) is 1.25. The number of rotatable bonds is 2. The van der Waals surface area contributed by atoms with Crippen molar-refractivity contribution < 1.29 is 5.11 Å². The molecule has 4 fully saturated rings. The van der Waals surface area contributed by atoms with Crippen molar-refractivity contribution >= 4 is 0 Å². The zero-order valence-electron chi connectivity index (χ0n) is 10.9. The fourth-order valence-corrected chi connectivity index (χ4v) is 5.07. The third-order valence-corrected chi connectivity index (χ3v) is 5.66. The number of aliphatic hydroxyl groups is 1. The number of nitrogens with zero attached hydrogens (tertiary/aromatic N) is 3. The van der Waals surface area contributed by atoms with Gasteiger partial charge < -0.3 is 5.11 Å². The van der Waals surface area contributed by atoms with Gasteiger partial charge >= 0.3 is 0 Å². The Hall–Kier alpha value is -0.900. The first-order valence-electron chi connectivity index (χ1n) is 7.32. The molecule has 0 amide bonds. The number of hydrogen-bond donors (Lipinski definition) is 1. The highest BCUT2D eigenvalue weighted by atomic mass is 16.3. The maximum absolute atomic E-state index is 11.3. The second kappa shape index (κ2) is 3.56. The Kier molecular flexibility index (Phi) is 2.17. The van der Waals surface area contributed by atoms with Crippen LogP contribution in [0.2, 0.25) is 0 Å².